The van der Waals surface area contributed by atoms with Gasteiger partial charge in [-0.1, -0.05) is 109 Å². The number of aromatic nitrogens is 2. The molecule has 0 aliphatic rings. The monoisotopic (exact) mass is 562 g/mol. The third kappa shape index (κ3) is 4.44. The van der Waals surface area contributed by atoms with Crippen molar-refractivity contribution in [3.63, 3.8) is 0 Å². The summed E-state index contributed by atoms with van der Waals surface area (Å²) in [5.41, 5.74) is 11.0. The number of aryl methyl sites for hydroxylation is 2. The van der Waals surface area contributed by atoms with Crippen molar-refractivity contribution in [2.75, 3.05) is 0 Å². The molecular formula is C42H30N2. The van der Waals surface area contributed by atoms with Gasteiger partial charge in [-0.15, -0.1) is 0 Å². The van der Waals surface area contributed by atoms with Crippen LogP contribution in [0.1, 0.15) is 11.1 Å². The molecule has 0 saturated heterocycles. The third-order valence-corrected chi connectivity index (χ3v) is 8.77. The normalized spacial score (nSPS) is 11.4. The number of fused-ring (bicyclic) bond motifs is 6. The zero-order chi connectivity index (χ0) is 29.6. The fourth-order valence-corrected chi connectivity index (χ4v) is 6.49. The molecule has 6 aromatic carbocycles. The standard InChI is InChI=1S/C42H30N2/c1-27-11-3-5-13-31(27)41-19-9-17-39(43-41)29-21-23-35-36-24-22-30(26-38(36)34-16-8-7-15-33(34)37(35)25-29)40-18-10-20-42(44-40)32-14-6-4-12-28(32)2/h3-26H,1-2H3. The average Bonchev–Trinajstić information content (AvgIpc) is 3.08. The van der Waals surface area contributed by atoms with Gasteiger partial charge < -0.3 is 0 Å². The maximum Gasteiger partial charge on any atom is 0.0712 e. The molecule has 2 aromatic heterocycles. The Balaban J connectivity index is 1.28. The van der Waals surface area contributed by atoms with E-state index in [4.69, 9.17) is 9.97 Å². The Morgan fingerprint density at radius 1 is 0.318 bits per heavy atom. The van der Waals surface area contributed by atoms with Crippen molar-refractivity contribution in [1.29, 1.82) is 0 Å². The van der Waals surface area contributed by atoms with Gasteiger partial charge in [0.1, 0.15) is 0 Å². The van der Waals surface area contributed by atoms with E-state index < -0.39 is 0 Å². The van der Waals surface area contributed by atoms with Crippen LogP contribution in [-0.4, -0.2) is 9.97 Å². The number of nitrogens with zero attached hydrogens (tertiary/aromatic N) is 2. The molecule has 208 valence electrons. The molecule has 0 aliphatic carbocycles. The van der Waals surface area contributed by atoms with Gasteiger partial charge in [0.05, 0.1) is 22.8 Å². The quantitative estimate of drug-likeness (QED) is 0.199. The van der Waals surface area contributed by atoms with Crippen molar-refractivity contribution in [3.8, 4) is 45.0 Å². The summed E-state index contributed by atoms with van der Waals surface area (Å²) in [5.74, 6) is 0. The molecule has 0 bridgehead atoms. The summed E-state index contributed by atoms with van der Waals surface area (Å²) in [4.78, 5) is 10.2. The third-order valence-electron chi connectivity index (χ3n) is 8.77. The van der Waals surface area contributed by atoms with Crippen LogP contribution < -0.4 is 0 Å². The summed E-state index contributed by atoms with van der Waals surface area (Å²) in [6.07, 6.45) is 0. The molecule has 0 fully saturated rings. The lowest BCUT2D eigenvalue weighted by Gasteiger charge is -2.14. The van der Waals surface area contributed by atoms with E-state index in [1.165, 1.54) is 54.6 Å². The second-order valence-electron chi connectivity index (χ2n) is 11.5. The summed E-state index contributed by atoms with van der Waals surface area (Å²) in [6, 6.07) is 51.8. The van der Waals surface area contributed by atoms with Gasteiger partial charge in [0.25, 0.3) is 0 Å². The molecular weight excluding hydrogens is 532 g/mol. The molecule has 0 saturated carbocycles. The Kier molecular flexibility index (Phi) is 6.27. The molecule has 44 heavy (non-hydrogen) atoms. The highest BCUT2D eigenvalue weighted by molar-refractivity contribution is 6.26. The van der Waals surface area contributed by atoms with Crippen LogP contribution in [0.15, 0.2) is 146 Å². The van der Waals surface area contributed by atoms with Gasteiger partial charge in [-0.05, 0) is 93.7 Å². The molecule has 0 unspecified atom stereocenters. The molecule has 2 nitrogen and oxygen atoms in total. The van der Waals surface area contributed by atoms with E-state index in [1.54, 1.807) is 0 Å². The molecule has 2 heteroatoms. The van der Waals surface area contributed by atoms with Crippen LogP contribution in [0.4, 0.5) is 0 Å². The second kappa shape index (κ2) is 10.6. The molecule has 8 aromatic rings. The second-order valence-corrected chi connectivity index (χ2v) is 11.5. The Labute approximate surface area is 257 Å². The minimum Gasteiger partial charge on any atom is -0.248 e. The minimum absolute atomic E-state index is 0.979. The maximum absolute atomic E-state index is 5.10. The van der Waals surface area contributed by atoms with Crippen LogP contribution in [-0.2, 0) is 0 Å². The van der Waals surface area contributed by atoms with Crippen LogP contribution in [0.5, 0.6) is 0 Å². The SMILES string of the molecule is Cc1ccccc1-c1cccc(-c2ccc3c4ccc(-c5cccc(-c6ccccc6C)n5)cc4c4ccccc4c3c2)n1. The number of benzene rings is 6. The summed E-state index contributed by atoms with van der Waals surface area (Å²) < 4.78 is 0. The van der Waals surface area contributed by atoms with Gasteiger partial charge in [0, 0.05) is 22.3 Å². The fourth-order valence-electron chi connectivity index (χ4n) is 6.49. The molecule has 8 rings (SSSR count). The van der Waals surface area contributed by atoms with Gasteiger partial charge in [-0.3, -0.25) is 0 Å². The molecule has 0 aliphatic heterocycles. The number of hydrogen-bond donors (Lipinski definition) is 0. The number of hydrogen-bond acceptors (Lipinski definition) is 2. The number of pyridine rings is 2. The van der Waals surface area contributed by atoms with Crippen LogP contribution in [0, 0.1) is 13.8 Å². The molecule has 0 N–H and O–H groups in total. The van der Waals surface area contributed by atoms with Crippen LogP contribution in [0.3, 0.4) is 0 Å². The fraction of sp³-hybridized carbons (Fsp3) is 0.0476. The Morgan fingerprint density at radius 3 is 1.16 bits per heavy atom. The zero-order valence-corrected chi connectivity index (χ0v) is 24.8. The lowest BCUT2D eigenvalue weighted by molar-refractivity contribution is 1.31. The van der Waals surface area contributed by atoms with Crippen molar-refractivity contribution < 1.29 is 0 Å². The van der Waals surface area contributed by atoms with Crippen molar-refractivity contribution in [1.82, 2.24) is 9.97 Å². The zero-order valence-electron chi connectivity index (χ0n) is 24.8. The van der Waals surface area contributed by atoms with E-state index in [9.17, 15) is 0 Å². The lowest BCUT2D eigenvalue weighted by Crippen LogP contribution is -1.91. The van der Waals surface area contributed by atoms with Gasteiger partial charge in [0.2, 0.25) is 0 Å². The van der Waals surface area contributed by atoms with E-state index in [-0.39, 0.29) is 0 Å². The number of rotatable bonds is 4. The molecule has 0 radical (unpaired) electrons. The van der Waals surface area contributed by atoms with Gasteiger partial charge in [-0.25, -0.2) is 9.97 Å². The highest BCUT2D eigenvalue weighted by Gasteiger charge is 2.13. The summed E-state index contributed by atoms with van der Waals surface area (Å²) in [7, 11) is 0. The molecule has 0 amide bonds. The van der Waals surface area contributed by atoms with Crippen LogP contribution in [0.25, 0.3) is 77.3 Å². The van der Waals surface area contributed by atoms with E-state index >= 15 is 0 Å². The first-order valence-corrected chi connectivity index (χ1v) is 15.1. The smallest absolute Gasteiger partial charge is 0.0712 e. The van der Waals surface area contributed by atoms with Gasteiger partial charge in [-0.2, -0.15) is 0 Å². The first-order valence-electron chi connectivity index (χ1n) is 15.1. The van der Waals surface area contributed by atoms with Gasteiger partial charge in [0.15, 0.2) is 0 Å². The Morgan fingerprint density at radius 2 is 0.705 bits per heavy atom. The van der Waals surface area contributed by atoms with Crippen molar-refractivity contribution in [2.24, 2.45) is 0 Å². The highest BCUT2D eigenvalue weighted by Crippen LogP contribution is 2.39. The predicted molar refractivity (Wildman–Crippen MR) is 186 cm³/mol. The van der Waals surface area contributed by atoms with E-state index in [1.807, 2.05) is 0 Å². The largest absolute Gasteiger partial charge is 0.248 e. The molecule has 2 heterocycles. The van der Waals surface area contributed by atoms with E-state index in [0.717, 1.165) is 33.9 Å². The summed E-state index contributed by atoms with van der Waals surface area (Å²) in [6.45, 7) is 4.28. The molecule has 0 atom stereocenters. The summed E-state index contributed by atoms with van der Waals surface area (Å²) in [5, 5.41) is 7.44. The Bertz CT molecular complexity index is 2180. The topological polar surface area (TPSA) is 25.8 Å². The first-order chi connectivity index (χ1) is 21.6. The lowest BCUT2D eigenvalue weighted by atomic mass is 9.91. The highest BCUT2D eigenvalue weighted by atomic mass is 14.7. The van der Waals surface area contributed by atoms with Crippen molar-refractivity contribution in [3.05, 3.63) is 157 Å². The average molecular weight is 563 g/mol. The maximum atomic E-state index is 5.10. The Hall–Kier alpha value is -5.60. The van der Waals surface area contributed by atoms with E-state index in [2.05, 4.69) is 159 Å². The van der Waals surface area contributed by atoms with Gasteiger partial charge >= 0.3 is 0 Å². The molecule has 0 spiro atoms. The van der Waals surface area contributed by atoms with Crippen molar-refractivity contribution >= 4 is 32.3 Å². The first kappa shape index (κ1) is 26.1. The van der Waals surface area contributed by atoms with Crippen LogP contribution >= 0.6 is 0 Å². The van der Waals surface area contributed by atoms with Crippen molar-refractivity contribution in [2.45, 2.75) is 13.8 Å². The summed E-state index contributed by atoms with van der Waals surface area (Å²) >= 11 is 0. The van der Waals surface area contributed by atoms with Crippen LogP contribution in [0.2, 0.25) is 0 Å². The predicted octanol–water partition coefficient (Wildman–Crippen LogP) is 11.2. The van der Waals surface area contributed by atoms with E-state index in [0.29, 0.717) is 0 Å². The minimum atomic E-state index is 0.979.